The van der Waals surface area contributed by atoms with E-state index in [0.717, 1.165) is 10.0 Å². The fraction of sp³-hybridized carbons (Fsp3) is 0.500. The monoisotopic (exact) mass is 390 g/mol. The Bertz CT molecular complexity index is 655. The molecule has 122 valence electrons. The number of hydrogen-bond donors (Lipinski definition) is 1. The Morgan fingerprint density at radius 1 is 1.36 bits per heavy atom. The molecule has 22 heavy (non-hydrogen) atoms. The second-order valence-corrected chi connectivity index (χ2v) is 7.83. The van der Waals surface area contributed by atoms with E-state index in [1.165, 1.54) is 7.11 Å². The van der Waals surface area contributed by atoms with Crippen LogP contribution in [0.1, 0.15) is 18.4 Å². The van der Waals surface area contributed by atoms with Gasteiger partial charge in [-0.1, -0.05) is 15.9 Å². The summed E-state index contributed by atoms with van der Waals surface area (Å²) in [6.45, 7) is 2.82. The Hall–Kier alpha value is -1.12. The standard InChI is InChI=1S/C14H19BrN2O4S/c1-10-9-12(3-4-13(10)15)22(19,20)16-11-5-7-17(8-6-11)14(18)21-2/h3-4,9,11,16H,5-8H2,1-2H3. The van der Waals surface area contributed by atoms with Gasteiger partial charge in [0.1, 0.15) is 0 Å². The first-order chi connectivity index (χ1) is 10.3. The molecular formula is C14H19BrN2O4S. The lowest BCUT2D eigenvalue weighted by molar-refractivity contribution is 0.111. The number of aryl methyl sites for hydroxylation is 1. The second-order valence-electron chi connectivity index (χ2n) is 5.26. The third kappa shape index (κ3) is 3.99. The molecule has 0 spiro atoms. The zero-order valence-corrected chi connectivity index (χ0v) is 14.9. The molecule has 1 amide bonds. The summed E-state index contributed by atoms with van der Waals surface area (Å²) in [5.41, 5.74) is 0.864. The van der Waals surface area contributed by atoms with Gasteiger partial charge in [-0.05, 0) is 43.5 Å². The summed E-state index contributed by atoms with van der Waals surface area (Å²) in [6, 6.07) is 4.76. The number of piperidine rings is 1. The van der Waals surface area contributed by atoms with E-state index < -0.39 is 10.0 Å². The minimum absolute atomic E-state index is 0.171. The summed E-state index contributed by atoms with van der Waals surface area (Å²) in [6.07, 6.45) is 0.776. The summed E-state index contributed by atoms with van der Waals surface area (Å²) in [4.78, 5) is 13.2. The minimum atomic E-state index is -3.55. The van der Waals surface area contributed by atoms with Crippen LogP contribution in [-0.4, -0.2) is 45.7 Å². The van der Waals surface area contributed by atoms with Crippen molar-refractivity contribution in [2.75, 3.05) is 20.2 Å². The lowest BCUT2D eigenvalue weighted by atomic mass is 10.1. The van der Waals surface area contributed by atoms with Crippen molar-refractivity contribution in [2.45, 2.75) is 30.7 Å². The van der Waals surface area contributed by atoms with Gasteiger partial charge in [0, 0.05) is 23.6 Å². The molecule has 8 heteroatoms. The maximum atomic E-state index is 12.4. The van der Waals surface area contributed by atoms with Crippen LogP contribution in [0.2, 0.25) is 0 Å². The number of sulfonamides is 1. The maximum Gasteiger partial charge on any atom is 0.409 e. The highest BCUT2D eigenvalue weighted by Gasteiger charge is 2.27. The number of nitrogens with one attached hydrogen (secondary N) is 1. The van der Waals surface area contributed by atoms with Crippen LogP contribution in [0.15, 0.2) is 27.6 Å². The van der Waals surface area contributed by atoms with Crippen molar-refractivity contribution >= 4 is 32.0 Å². The molecular weight excluding hydrogens is 372 g/mol. The van der Waals surface area contributed by atoms with Crippen LogP contribution in [0, 0.1) is 6.92 Å². The summed E-state index contributed by atoms with van der Waals surface area (Å²) in [5, 5.41) is 0. The number of carbonyl (C=O) groups is 1. The molecule has 1 aliphatic heterocycles. The molecule has 1 fully saturated rings. The first-order valence-electron chi connectivity index (χ1n) is 6.95. The van der Waals surface area contributed by atoms with E-state index in [1.807, 2.05) is 6.92 Å². The summed E-state index contributed by atoms with van der Waals surface area (Å²) in [5.74, 6) is 0. The van der Waals surface area contributed by atoms with Crippen LogP contribution in [0.5, 0.6) is 0 Å². The third-order valence-electron chi connectivity index (χ3n) is 3.69. The van der Waals surface area contributed by atoms with Gasteiger partial charge in [0.2, 0.25) is 10.0 Å². The second kappa shape index (κ2) is 6.97. The van der Waals surface area contributed by atoms with Crippen molar-refractivity contribution < 1.29 is 17.9 Å². The highest BCUT2D eigenvalue weighted by atomic mass is 79.9. The first-order valence-corrected chi connectivity index (χ1v) is 9.22. The molecule has 0 aromatic heterocycles. The number of methoxy groups -OCH3 is 1. The number of likely N-dealkylation sites (tertiary alicyclic amines) is 1. The maximum absolute atomic E-state index is 12.4. The molecule has 0 bridgehead atoms. The molecule has 1 aromatic carbocycles. The summed E-state index contributed by atoms with van der Waals surface area (Å²) >= 11 is 3.36. The zero-order chi connectivity index (χ0) is 16.3. The van der Waals surface area contributed by atoms with E-state index in [0.29, 0.717) is 25.9 Å². The number of halogens is 1. The zero-order valence-electron chi connectivity index (χ0n) is 12.5. The van der Waals surface area contributed by atoms with Crippen LogP contribution < -0.4 is 4.72 Å². The fourth-order valence-corrected chi connectivity index (χ4v) is 4.02. The Morgan fingerprint density at radius 2 is 2.00 bits per heavy atom. The number of benzene rings is 1. The van der Waals surface area contributed by atoms with Gasteiger partial charge in [0.15, 0.2) is 0 Å². The minimum Gasteiger partial charge on any atom is -0.453 e. The lowest BCUT2D eigenvalue weighted by Gasteiger charge is -2.31. The molecule has 0 atom stereocenters. The van der Waals surface area contributed by atoms with Crippen molar-refractivity contribution in [2.24, 2.45) is 0 Å². The molecule has 1 saturated heterocycles. The topological polar surface area (TPSA) is 75.7 Å². The number of hydrogen-bond acceptors (Lipinski definition) is 4. The van der Waals surface area contributed by atoms with Crippen LogP contribution in [0.3, 0.4) is 0 Å². The highest BCUT2D eigenvalue weighted by molar-refractivity contribution is 9.10. The Labute approximate surface area is 139 Å². The van der Waals surface area contributed by atoms with Gasteiger partial charge in [-0.3, -0.25) is 0 Å². The van der Waals surface area contributed by atoms with Gasteiger partial charge in [-0.15, -0.1) is 0 Å². The van der Waals surface area contributed by atoms with E-state index in [4.69, 9.17) is 0 Å². The molecule has 1 heterocycles. The van der Waals surface area contributed by atoms with Gasteiger partial charge >= 0.3 is 6.09 Å². The van der Waals surface area contributed by atoms with E-state index in [9.17, 15) is 13.2 Å². The largest absolute Gasteiger partial charge is 0.453 e. The predicted molar refractivity (Wildman–Crippen MR) is 86.2 cm³/mol. The van der Waals surface area contributed by atoms with Gasteiger partial charge < -0.3 is 9.64 Å². The highest BCUT2D eigenvalue weighted by Crippen LogP contribution is 2.21. The third-order valence-corrected chi connectivity index (χ3v) is 6.10. The van der Waals surface area contributed by atoms with Gasteiger partial charge in [-0.2, -0.15) is 0 Å². The van der Waals surface area contributed by atoms with Crippen molar-refractivity contribution in [1.82, 2.24) is 9.62 Å². The molecule has 6 nitrogen and oxygen atoms in total. The van der Waals surface area contributed by atoms with Crippen molar-refractivity contribution in [3.63, 3.8) is 0 Å². The number of rotatable bonds is 3. The number of ether oxygens (including phenoxy) is 1. The predicted octanol–water partition coefficient (Wildman–Crippen LogP) is 2.27. The van der Waals surface area contributed by atoms with E-state index >= 15 is 0 Å². The number of carbonyl (C=O) groups excluding carboxylic acids is 1. The molecule has 0 unspecified atom stereocenters. The van der Waals surface area contributed by atoms with Crippen LogP contribution in [0.25, 0.3) is 0 Å². The smallest absolute Gasteiger partial charge is 0.409 e. The molecule has 1 N–H and O–H groups in total. The molecule has 0 radical (unpaired) electrons. The van der Waals surface area contributed by atoms with Crippen molar-refractivity contribution in [3.05, 3.63) is 28.2 Å². The van der Waals surface area contributed by atoms with E-state index in [1.54, 1.807) is 23.1 Å². The normalized spacial score (nSPS) is 16.6. The van der Waals surface area contributed by atoms with E-state index in [2.05, 4.69) is 25.4 Å². The average Bonchev–Trinajstić information content (AvgIpc) is 2.49. The molecule has 2 rings (SSSR count). The van der Waals surface area contributed by atoms with Crippen LogP contribution >= 0.6 is 15.9 Å². The Morgan fingerprint density at radius 3 is 2.55 bits per heavy atom. The number of amides is 1. The fourth-order valence-electron chi connectivity index (χ4n) is 2.38. The molecule has 0 aliphatic carbocycles. The van der Waals surface area contributed by atoms with Crippen LogP contribution in [-0.2, 0) is 14.8 Å². The van der Waals surface area contributed by atoms with Crippen LogP contribution in [0.4, 0.5) is 4.79 Å². The Balaban J connectivity index is 2.01. The van der Waals surface area contributed by atoms with E-state index in [-0.39, 0.29) is 17.0 Å². The molecule has 1 aliphatic rings. The molecule has 1 aromatic rings. The van der Waals surface area contributed by atoms with Gasteiger partial charge in [-0.25, -0.2) is 17.9 Å². The average molecular weight is 391 g/mol. The van der Waals surface area contributed by atoms with Crippen molar-refractivity contribution in [3.8, 4) is 0 Å². The van der Waals surface area contributed by atoms with Crippen molar-refractivity contribution in [1.29, 1.82) is 0 Å². The quantitative estimate of drug-likeness (QED) is 0.858. The summed E-state index contributed by atoms with van der Waals surface area (Å²) < 4.78 is 33.1. The van der Waals surface area contributed by atoms with Gasteiger partial charge in [0.25, 0.3) is 0 Å². The number of nitrogens with zero attached hydrogens (tertiary/aromatic N) is 1. The lowest BCUT2D eigenvalue weighted by Crippen LogP contribution is -2.46. The van der Waals surface area contributed by atoms with Gasteiger partial charge in [0.05, 0.1) is 12.0 Å². The summed E-state index contributed by atoms with van der Waals surface area (Å²) in [7, 11) is -2.21. The Kier molecular flexibility index (Phi) is 5.46. The SMILES string of the molecule is COC(=O)N1CCC(NS(=O)(=O)c2ccc(Br)c(C)c2)CC1. The molecule has 0 saturated carbocycles. The first kappa shape index (κ1) is 17.2.